The highest BCUT2D eigenvalue weighted by molar-refractivity contribution is 5.33. The van der Waals surface area contributed by atoms with E-state index in [2.05, 4.69) is 0 Å². The van der Waals surface area contributed by atoms with Crippen molar-refractivity contribution in [3.63, 3.8) is 0 Å². The summed E-state index contributed by atoms with van der Waals surface area (Å²) in [5, 5.41) is 0. The van der Waals surface area contributed by atoms with E-state index in [0.29, 0.717) is 32.1 Å². The Morgan fingerprint density at radius 3 is 2.42 bits per heavy atom. The predicted molar refractivity (Wildman–Crippen MR) is 61.9 cm³/mol. The molecule has 106 valence electrons. The van der Waals surface area contributed by atoms with Gasteiger partial charge >= 0.3 is 6.18 Å². The summed E-state index contributed by atoms with van der Waals surface area (Å²) < 4.78 is 56.9. The van der Waals surface area contributed by atoms with Crippen molar-refractivity contribution in [3.8, 4) is 0 Å². The van der Waals surface area contributed by atoms with Crippen LogP contribution in [0.3, 0.4) is 0 Å². The maximum absolute atomic E-state index is 13.0. The first-order valence-electron chi connectivity index (χ1n) is 6.09. The van der Waals surface area contributed by atoms with Crippen LogP contribution >= 0.6 is 0 Å². The first-order chi connectivity index (χ1) is 8.89. The van der Waals surface area contributed by atoms with Gasteiger partial charge in [-0.3, -0.25) is 0 Å². The normalized spacial score (nSPS) is 19.4. The molecule has 1 atom stereocenters. The van der Waals surface area contributed by atoms with Gasteiger partial charge in [-0.15, -0.1) is 0 Å². The van der Waals surface area contributed by atoms with Crippen LogP contribution in [0, 0.1) is 11.7 Å². The molecule has 0 radical (unpaired) electrons. The molecule has 0 aliphatic carbocycles. The Bertz CT molecular complexity index is 441. The molecular formula is C13H15F4NO. The average molecular weight is 277 g/mol. The van der Waals surface area contributed by atoms with E-state index >= 15 is 0 Å². The Labute approximate surface area is 108 Å². The SMILES string of the molecule is N[C@@H](c1ccc(F)cc1C(F)(F)F)C1CCOCC1. The van der Waals surface area contributed by atoms with Crippen molar-refractivity contribution < 1.29 is 22.3 Å². The minimum absolute atomic E-state index is 0.0409. The van der Waals surface area contributed by atoms with Gasteiger partial charge in [-0.25, -0.2) is 4.39 Å². The molecule has 1 heterocycles. The zero-order chi connectivity index (χ0) is 14.0. The summed E-state index contributed by atoms with van der Waals surface area (Å²) in [6.45, 7) is 1.00. The molecule has 19 heavy (non-hydrogen) atoms. The van der Waals surface area contributed by atoms with E-state index in [4.69, 9.17) is 10.5 Å². The summed E-state index contributed by atoms with van der Waals surface area (Å²) >= 11 is 0. The molecule has 1 aliphatic heterocycles. The number of benzene rings is 1. The molecule has 0 amide bonds. The first-order valence-corrected chi connectivity index (χ1v) is 6.09. The quantitative estimate of drug-likeness (QED) is 0.842. The third-order valence-corrected chi connectivity index (χ3v) is 3.45. The van der Waals surface area contributed by atoms with E-state index in [1.54, 1.807) is 0 Å². The number of alkyl halides is 3. The Balaban J connectivity index is 2.32. The third kappa shape index (κ3) is 3.25. The van der Waals surface area contributed by atoms with E-state index in [-0.39, 0.29) is 11.5 Å². The van der Waals surface area contributed by atoms with E-state index in [0.717, 1.165) is 12.1 Å². The van der Waals surface area contributed by atoms with Gasteiger partial charge in [0, 0.05) is 19.3 Å². The van der Waals surface area contributed by atoms with Gasteiger partial charge in [0.25, 0.3) is 0 Å². The van der Waals surface area contributed by atoms with Crippen molar-refractivity contribution >= 4 is 0 Å². The third-order valence-electron chi connectivity index (χ3n) is 3.45. The van der Waals surface area contributed by atoms with Crippen LogP contribution in [0.1, 0.15) is 30.0 Å². The zero-order valence-corrected chi connectivity index (χ0v) is 10.2. The van der Waals surface area contributed by atoms with E-state index in [1.165, 1.54) is 0 Å². The molecular weight excluding hydrogens is 262 g/mol. The molecule has 0 aromatic heterocycles. The van der Waals surface area contributed by atoms with E-state index in [9.17, 15) is 17.6 Å². The molecule has 2 rings (SSSR count). The van der Waals surface area contributed by atoms with Crippen LogP contribution in [0.2, 0.25) is 0 Å². The molecule has 2 nitrogen and oxygen atoms in total. The molecule has 2 N–H and O–H groups in total. The van der Waals surface area contributed by atoms with Gasteiger partial charge in [-0.2, -0.15) is 13.2 Å². The van der Waals surface area contributed by atoms with Crippen molar-refractivity contribution in [2.75, 3.05) is 13.2 Å². The van der Waals surface area contributed by atoms with Crippen molar-refractivity contribution in [1.82, 2.24) is 0 Å². The van der Waals surface area contributed by atoms with Gasteiger partial charge in [-0.1, -0.05) is 6.07 Å². The van der Waals surface area contributed by atoms with Crippen molar-refractivity contribution in [1.29, 1.82) is 0 Å². The summed E-state index contributed by atoms with van der Waals surface area (Å²) in [5.74, 6) is -0.976. The maximum atomic E-state index is 13.0. The number of hydrogen-bond acceptors (Lipinski definition) is 2. The van der Waals surface area contributed by atoms with Gasteiger partial charge in [-0.05, 0) is 36.5 Å². The highest BCUT2D eigenvalue weighted by atomic mass is 19.4. The fourth-order valence-corrected chi connectivity index (χ4v) is 2.39. The van der Waals surface area contributed by atoms with Gasteiger partial charge in [0.2, 0.25) is 0 Å². The summed E-state index contributed by atoms with van der Waals surface area (Å²) in [5.41, 5.74) is 4.92. The highest BCUT2D eigenvalue weighted by Crippen LogP contribution is 2.38. The monoisotopic (exact) mass is 277 g/mol. The van der Waals surface area contributed by atoms with Gasteiger partial charge in [0.15, 0.2) is 0 Å². The first kappa shape index (κ1) is 14.3. The lowest BCUT2D eigenvalue weighted by molar-refractivity contribution is -0.138. The minimum atomic E-state index is -4.60. The summed E-state index contributed by atoms with van der Waals surface area (Å²) in [4.78, 5) is 0. The Morgan fingerprint density at radius 1 is 1.21 bits per heavy atom. The van der Waals surface area contributed by atoms with Crippen LogP contribution in [0.5, 0.6) is 0 Å². The lowest BCUT2D eigenvalue weighted by Crippen LogP contribution is -2.29. The smallest absolute Gasteiger partial charge is 0.381 e. The second-order valence-corrected chi connectivity index (χ2v) is 4.70. The summed E-state index contributed by atoms with van der Waals surface area (Å²) in [6.07, 6.45) is -3.36. The second kappa shape index (κ2) is 5.46. The van der Waals surface area contributed by atoms with Crippen molar-refractivity contribution in [3.05, 3.63) is 35.1 Å². The molecule has 0 saturated carbocycles. The molecule has 1 aromatic rings. The predicted octanol–water partition coefficient (Wildman–Crippen LogP) is 3.27. The molecule has 1 aliphatic rings. The van der Waals surface area contributed by atoms with Crippen LogP contribution in [-0.2, 0) is 10.9 Å². The average Bonchev–Trinajstić information content (AvgIpc) is 2.38. The number of hydrogen-bond donors (Lipinski definition) is 1. The van der Waals surface area contributed by atoms with Crippen molar-refractivity contribution in [2.24, 2.45) is 11.7 Å². The second-order valence-electron chi connectivity index (χ2n) is 4.70. The zero-order valence-electron chi connectivity index (χ0n) is 10.2. The highest BCUT2D eigenvalue weighted by Gasteiger charge is 2.36. The number of nitrogens with two attached hydrogens (primary N) is 1. The summed E-state index contributed by atoms with van der Waals surface area (Å²) in [7, 11) is 0. The number of halogens is 4. The van der Waals surface area contributed by atoms with Crippen molar-refractivity contribution in [2.45, 2.75) is 25.1 Å². The number of ether oxygens (including phenoxy) is 1. The molecule has 1 saturated heterocycles. The largest absolute Gasteiger partial charge is 0.416 e. The topological polar surface area (TPSA) is 35.2 Å². The van der Waals surface area contributed by atoms with E-state index < -0.39 is 23.6 Å². The van der Waals surface area contributed by atoms with Crippen LogP contribution < -0.4 is 5.73 Å². The van der Waals surface area contributed by atoms with Crippen LogP contribution in [-0.4, -0.2) is 13.2 Å². The Kier molecular flexibility index (Phi) is 4.10. The fourth-order valence-electron chi connectivity index (χ4n) is 2.39. The molecule has 1 fully saturated rings. The minimum Gasteiger partial charge on any atom is -0.381 e. The number of rotatable bonds is 2. The molecule has 0 spiro atoms. The van der Waals surface area contributed by atoms with Crippen LogP contribution in [0.4, 0.5) is 17.6 Å². The van der Waals surface area contributed by atoms with E-state index in [1.807, 2.05) is 0 Å². The fraction of sp³-hybridized carbons (Fsp3) is 0.538. The molecule has 1 aromatic carbocycles. The van der Waals surface area contributed by atoms with Gasteiger partial charge in [0.05, 0.1) is 5.56 Å². The summed E-state index contributed by atoms with van der Waals surface area (Å²) in [6, 6.07) is 1.91. The van der Waals surface area contributed by atoms with Gasteiger partial charge < -0.3 is 10.5 Å². The van der Waals surface area contributed by atoms with Crippen LogP contribution in [0.15, 0.2) is 18.2 Å². The molecule has 6 heteroatoms. The lowest BCUT2D eigenvalue weighted by Gasteiger charge is -2.29. The molecule has 0 bridgehead atoms. The standard InChI is InChI=1S/C13H15F4NO/c14-9-1-2-10(11(7-9)13(15,16)17)12(18)8-3-5-19-6-4-8/h1-2,7-8,12H,3-6,18H2/t12-/m1/s1. The maximum Gasteiger partial charge on any atom is 0.416 e. The molecule has 0 unspecified atom stereocenters. The Morgan fingerprint density at radius 2 is 1.84 bits per heavy atom. The Hall–Kier alpha value is -1.14. The van der Waals surface area contributed by atoms with Gasteiger partial charge in [0.1, 0.15) is 5.82 Å². The lowest BCUT2D eigenvalue weighted by atomic mass is 9.85. The van der Waals surface area contributed by atoms with Crippen LogP contribution in [0.25, 0.3) is 0 Å².